The third-order valence-electron chi connectivity index (χ3n) is 3.20. The molecule has 0 amide bonds. The van der Waals surface area contributed by atoms with Gasteiger partial charge in [0.1, 0.15) is 11.5 Å². The molecule has 1 aliphatic heterocycles. The molecule has 0 saturated heterocycles. The molecule has 0 atom stereocenters. The van der Waals surface area contributed by atoms with Gasteiger partial charge in [0.25, 0.3) is 0 Å². The summed E-state index contributed by atoms with van der Waals surface area (Å²) >= 11 is 0. The maximum Gasteiger partial charge on any atom is 0.573 e. The summed E-state index contributed by atoms with van der Waals surface area (Å²) in [5.74, 6) is 0.487. The lowest BCUT2D eigenvalue weighted by Crippen LogP contribution is -2.16. The van der Waals surface area contributed by atoms with Gasteiger partial charge in [0.2, 0.25) is 0 Å². The highest BCUT2D eigenvalue weighted by Crippen LogP contribution is 2.39. The van der Waals surface area contributed by atoms with Gasteiger partial charge in [0.05, 0.1) is 6.61 Å². The summed E-state index contributed by atoms with van der Waals surface area (Å²) in [5.41, 5.74) is 8.98. The molecule has 2 N–H and O–H groups in total. The van der Waals surface area contributed by atoms with Crippen LogP contribution in [0.2, 0.25) is 0 Å². The van der Waals surface area contributed by atoms with E-state index in [-0.39, 0.29) is 5.75 Å². The fraction of sp³-hybridized carbons (Fsp3) is 0.200. The molecule has 0 bridgehead atoms. The maximum absolute atomic E-state index is 12.1. The Morgan fingerprint density at radius 2 is 1.81 bits per heavy atom. The first-order chi connectivity index (χ1) is 9.92. The normalized spacial score (nSPS) is 13.7. The largest absolute Gasteiger partial charge is 0.573 e. The second-order valence-electron chi connectivity index (χ2n) is 4.73. The van der Waals surface area contributed by atoms with E-state index in [9.17, 15) is 13.2 Å². The fourth-order valence-electron chi connectivity index (χ4n) is 2.38. The zero-order valence-corrected chi connectivity index (χ0v) is 10.9. The summed E-state index contributed by atoms with van der Waals surface area (Å²) in [6.45, 7) is 0.584. The zero-order valence-electron chi connectivity index (χ0n) is 10.9. The van der Waals surface area contributed by atoms with Crippen molar-refractivity contribution in [3.63, 3.8) is 0 Å². The number of rotatable bonds is 2. The molecule has 0 radical (unpaired) electrons. The molecule has 21 heavy (non-hydrogen) atoms. The molecule has 110 valence electrons. The SMILES string of the molecule is Nc1cc2c(c(-c3ccc(OC(F)(F)F)cc3)c1)OCC2. The van der Waals surface area contributed by atoms with Crippen molar-refractivity contribution in [3.8, 4) is 22.6 Å². The van der Waals surface area contributed by atoms with E-state index in [4.69, 9.17) is 10.5 Å². The molecule has 0 unspecified atom stereocenters. The molecular weight excluding hydrogens is 283 g/mol. The van der Waals surface area contributed by atoms with Gasteiger partial charge in [-0.15, -0.1) is 13.2 Å². The van der Waals surface area contributed by atoms with Crippen LogP contribution in [0.5, 0.6) is 11.5 Å². The number of nitrogens with two attached hydrogens (primary N) is 1. The molecule has 0 fully saturated rings. The predicted octanol–water partition coefficient (Wildman–Crippen LogP) is 3.77. The molecule has 0 spiro atoms. The first kappa shape index (κ1) is 13.6. The minimum absolute atomic E-state index is 0.257. The maximum atomic E-state index is 12.1. The van der Waals surface area contributed by atoms with Gasteiger partial charge in [-0.05, 0) is 29.8 Å². The number of halogens is 3. The minimum atomic E-state index is -4.69. The van der Waals surface area contributed by atoms with E-state index in [2.05, 4.69) is 4.74 Å². The van der Waals surface area contributed by atoms with E-state index >= 15 is 0 Å². The van der Waals surface area contributed by atoms with Gasteiger partial charge in [-0.2, -0.15) is 0 Å². The second kappa shape index (κ2) is 4.87. The average molecular weight is 295 g/mol. The van der Waals surface area contributed by atoms with Crippen molar-refractivity contribution in [2.45, 2.75) is 12.8 Å². The van der Waals surface area contributed by atoms with E-state index in [1.807, 2.05) is 6.07 Å². The Kier molecular flexibility index (Phi) is 3.16. The minimum Gasteiger partial charge on any atom is -0.492 e. The number of anilines is 1. The highest BCUT2D eigenvalue weighted by atomic mass is 19.4. The molecular formula is C15H12F3NO2. The number of benzene rings is 2. The van der Waals surface area contributed by atoms with Crippen LogP contribution in [0.1, 0.15) is 5.56 Å². The third-order valence-corrected chi connectivity index (χ3v) is 3.20. The molecule has 3 nitrogen and oxygen atoms in total. The molecule has 2 aromatic rings. The number of ether oxygens (including phenoxy) is 2. The Hall–Kier alpha value is -2.37. The van der Waals surface area contributed by atoms with E-state index in [1.165, 1.54) is 12.1 Å². The zero-order chi connectivity index (χ0) is 15.0. The summed E-state index contributed by atoms with van der Waals surface area (Å²) in [6.07, 6.45) is -3.91. The molecule has 0 aliphatic carbocycles. The number of alkyl halides is 3. The Bertz CT molecular complexity index is 666. The number of fused-ring (bicyclic) bond motifs is 1. The summed E-state index contributed by atoms with van der Waals surface area (Å²) in [6, 6.07) is 9.26. The lowest BCUT2D eigenvalue weighted by Gasteiger charge is -2.12. The van der Waals surface area contributed by atoms with Crippen molar-refractivity contribution < 1.29 is 22.6 Å². The molecule has 6 heteroatoms. The molecule has 1 aliphatic rings. The summed E-state index contributed by atoms with van der Waals surface area (Å²) in [4.78, 5) is 0. The quantitative estimate of drug-likeness (QED) is 0.858. The van der Waals surface area contributed by atoms with Crippen LogP contribution in [-0.2, 0) is 6.42 Å². The van der Waals surface area contributed by atoms with Crippen molar-refractivity contribution in [1.82, 2.24) is 0 Å². The second-order valence-corrected chi connectivity index (χ2v) is 4.73. The first-order valence-electron chi connectivity index (χ1n) is 6.34. The van der Waals surface area contributed by atoms with Crippen LogP contribution < -0.4 is 15.2 Å². The smallest absolute Gasteiger partial charge is 0.492 e. The monoisotopic (exact) mass is 295 g/mol. The van der Waals surface area contributed by atoms with Gasteiger partial charge in [-0.3, -0.25) is 0 Å². The third kappa shape index (κ3) is 2.89. The fourth-order valence-corrected chi connectivity index (χ4v) is 2.38. The Labute approximate surface area is 119 Å². The van der Waals surface area contributed by atoms with Gasteiger partial charge in [-0.1, -0.05) is 12.1 Å². The highest BCUT2D eigenvalue weighted by Gasteiger charge is 2.31. The van der Waals surface area contributed by atoms with Crippen molar-refractivity contribution in [2.75, 3.05) is 12.3 Å². The predicted molar refractivity (Wildman–Crippen MR) is 72.2 cm³/mol. The topological polar surface area (TPSA) is 44.5 Å². The lowest BCUT2D eigenvalue weighted by molar-refractivity contribution is -0.274. The number of hydrogen-bond donors (Lipinski definition) is 1. The van der Waals surface area contributed by atoms with Crippen LogP contribution in [-0.4, -0.2) is 13.0 Å². The average Bonchev–Trinajstić information content (AvgIpc) is 2.85. The number of nitrogen functional groups attached to an aromatic ring is 1. The van der Waals surface area contributed by atoms with Crippen LogP contribution in [0.3, 0.4) is 0 Å². The summed E-state index contributed by atoms with van der Waals surface area (Å²) in [5, 5.41) is 0. The lowest BCUT2D eigenvalue weighted by atomic mass is 10.00. The highest BCUT2D eigenvalue weighted by molar-refractivity contribution is 5.77. The van der Waals surface area contributed by atoms with E-state index in [0.29, 0.717) is 12.3 Å². The first-order valence-corrected chi connectivity index (χ1v) is 6.34. The molecule has 3 rings (SSSR count). The number of hydrogen-bond acceptors (Lipinski definition) is 3. The van der Waals surface area contributed by atoms with Gasteiger partial charge >= 0.3 is 6.36 Å². The van der Waals surface area contributed by atoms with Crippen LogP contribution in [0.15, 0.2) is 36.4 Å². The van der Waals surface area contributed by atoms with Crippen LogP contribution in [0.25, 0.3) is 11.1 Å². The van der Waals surface area contributed by atoms with E-state index < -0.39 is 6.36 Å². The molecule has 0 saturated carbocycles. The van der Waals surface area contributed by atoms with Crippen molar-refractivity contribution in [1.29, 1.82) is 0 Å². The standard InChI is InChI=1S/C15H12F3NO2/c16-15(17,18)21-12-3-1-9(2-4-12)13-8-11(19)7-10-5-6-20-14(10)13/h1-4,7-8H,5-6,19H2. The Morgan fingerprint density at radius 1 is 1.10 bits per heavy atom. The van der Waals surface area contributed by atoms with Crippen LogP contribution in [0.4, 0.5) is 18.9 Å². The van der Waals surface area contributed by atoms with Crippen LogP contribution >= 0.6 is 0 Å². The van der Waals surface area contributed by atoms with E-state index in [0.717, 1.165) is 28.9 Å². The molecule has 1 heterocycles. The van der Waals surface area contributed by atoms with Gasteiger partial charge < -0.3 is 15.2 Å². The van der Waals surface area contributed by atoms with Gasteiger partial charge in [0, 0.05) is 23.2 Å². The van der Waals surface area contributed by atoms with Gasteiger partial charge in [-0.25, -0.2) is 0 Å². The molecule has 2 aromatic carbocycles. The van der Waals surface area contributed by atoms with Crippen molar-refractivity contribution in [3.05, 3.63) is 42.0 Å². The van der Waals surface area contributed by atoms with Crippen LogP contribution in [0, 0.1) is 0 Å². The molecule has 0 aromatic heterocycles. The van der Waals surface area contributed by atoms with Gasteiger partial charge in [0.15, 0.2) is 0 Å². The van der Waals surface area contributed by atoms with Crippen molar-refractivity contribution in [2.24, 2.45) is 0 Å². The summed E-state index contributed by atoms with van der Waals surface area (Å²) in [7, 11) is 0. The van der Waals surface area contributed by atoms with Crippen molar-refractivity contribution >= 4 is 5.69 Å². The van der Waals surface area contributed by atoms with E-state index in [1.54, 1.807) is 18.2 Å². The Morgan fingerprint density at radius 3 is 2.48 bits per heavy atom. The summed E-state index contributed by atoms with van der Waals surface area (Å²) < 4.78 is 45.9. The Balaban J connectivity index is 1.95.